The minimum Gasteiger partial charge on any atom is -0.379 e. The molecule has 0 N–H and O–H groups in total. The number of rotatable bonds is 8. The standard InChI is InChI=1S/C25H31N3O4S2/c1-4-34(30,31)21-8-5-7-20(17-21)24(29)28(12-6-11-27-13-15-32-16-14-27)25-26-22-18(2)9-10-19(3)23(22)33-25/h5,7-10,17H,4,6,11-16H2,1-3H3. The van der Waals surface area contributed by atoms with Crippen LogP contribution in [0.4, 0.5) is 5.13 Å². The van der Waals surface area contributed by atoms with Gasteiger partial charge in [0, 0.05) is 31.7 Å². The first-order chi connectivity index (χ1) is 16.3. The van der Waals surface area contributed by atoms with Crippen LogP contribution in [-0.2, 0) is 14.6 Å². The summed E-state index contributed by atoms with van der Waals surface area (Å²) in [6, 6.07) is 10.5. The van der Waals surface area contributed by atoms with Crippen LogP contribution in [0.2, 0.25) is 0 Å². The number of benzene rings is 2. The highest BCUT2D eigenvalue weighted by atomic mass is 32.2. The summed E-state index contributed by atoms with van der Waals surface area (Å²) in [7, 11) is -3.41. The number of aryl methyl sites for hydroxylation is 2. The maximum absolute atomic E-state index is 13.7. The molecule has 0 aliphatic carbocycles. The molecule has 0 spiro atoms. The summed E-state index contributed by atoms with van der Waals surface area (Å²) in [5, 5.41) is 0.642. The van der Waals surface area contributed by atoms with Gasteiger partial charge >= 0.3 is 0 Å². The monoisotopic (exact) mass is 501 g/mol. The number of carbonyl (C=O) groups is 1. The molecule has 2 aromatic carbocycles. The highest BCUT2D eigenvalue weighted by molar-refractivity contribution is 7.91. The molecule has 0 saturated carbocycles. The Bertz CT molecular complexity index is 1240. The Hall–Kier alpha value is -2.33. The quantitative estimate of drug-likeness (QED) is 0.463. The molecule has 182 valence electrons. The van der Waals surface area contributed by atoms with Gasteiger partial charge in [-0.3, -0.25) is 14.6 Å². The average molecular weight is 502 g/mol. The van der Waals surface area contributed by atoms with Crippen LogP contribution in [0.25, 0.3) is 10.2 Å². The summed E-state index contributed by atoms with van der Waals surface area (Å²) in [4.78, 5) is 22.8. The maximum Gasteiger partial charge on any atom is 0.260 e. The summed E-state index contributed by atoms with van der Waals surface area (Å²) in [5.74, 6) is -0.242. The first kappa shape index (κ1) is 24.8. The second-order valence-electron chi connectivity index (χ2n) is 8.57. The molecule has 0 bridgehead atoms. The molecule has 1 saturated heterocycles. The van der Waals surface area contributed by atoms with Gasteiger partial charge in [0.1, 0.15) is 0 Å². The summed E-state index contributed by atoms with van der Waals surface area (Å²) in [5.41, 5.74) is 3.46. The highest BCUT2D eigenvalue weighted by Crippen LogP contribution is 2.34. The lowest BCUT2D eigenvalue weighted by atomic mass is 10.1. The Labute approximate surface area is 205 Å². The molecule has 3 aromatic rings. The molecule has 34 heavy (non-hydrogen) atoms. The Morgan fingerprint density at radius 3 is 2.59 bits per heavy atom. The van der Waals surface area contributed by atoms with Crippen molar-refractivity contribution in [3.63, 3.8) is 0 Å². The van der Waals surface area contributed by atoms with Crippen molar-refractivity contribution in [1.29, 1.82) is 0 Å². The van der Waals surface area contributed by atoms with Crippen LogP contribution in [0.5, 0.6) is 0 Å². The lowest BCUT2D eigenvalue weighted by molar-refractivity contribution is 0.0376. The fraction of sp³-hybridized carbons (Fsp3) is 0.440. The zero-order chi connectivity index (χ0) is 24.3. The van der Waals surface area contributed by atoms with Gasteiger partial charge in [-0.1, -0.05) is 36.5 Å². The van der Waals surface area contributed by atoms with Gasteiger partial charge in [-0.05, 0) is 49.6 Å². The van der Waals surface area contributed by atoms with E-state index in [1.54, 1.807) is 30.0 Å². The number of fused-ring (bicyclic) bond motifs is 1. The van der Waals surface area contributed by atoms with Gasteiger partial charge in [-0.25, -0.2) is 13.4 Å². The van der Waals surface area contributed by atoms with E-state index in [0.29, 0.717) is 17.2 Å². The lowest BCUT2D eigenvalue weighted by Crippen LogP contribution is -2.39. The Morgan fingerprint density at radius 1 is 1.15 bits per heavy atom. The van der Waals surface area contributed by atoms with Crippen molar-refractivity contribution in [2.45, 2.75) is 32.1 Å². The van der Waals surface area contributed by atoms with E-state index in [0.717, 1.165) is 60.6 Å². The molecule has 0 radical (unpaired) electrons. The van der Waals surface area contributed by atoms with Crippen LogP contribution in [0.1, 0.15) is 34.8 Å². The second kappa shape index (κ2) is 10.5. The normalized spacial score (nSPS) is 15.0. The number of morpholine rings is 1. The molecule has 1 aliphatic heterocycles. The maximum atomic E-state index is 13.7. The van der Waals surface area contributed by atoms with Gasteiger partial charge in [-0.15, -0.1) is 0 Å². The van der Waals surface area contributed by atoms with Gasteiger partial charge in [0.05, 0.1) is 34.1 Å². The van der Waals surface area contributed by atoms with Crippen molar-refractivity contribution in [3.8, 4) is 0 Å². The first-order valence-corrected chi connectivity index (χ1v) is 14.1. The summed E-state index contributed by atoms with van der Waals surface area (Å²) >= 11 is 1.51. The number of thiazole rings is 1. The third-order valence-electron chi connectivity index (χ3n) is 6.19. The Kier molecular flexibility index (Phi) is 7.67. The first-order valence-electron chi connectivity index (χ1n) is 11.6. The molecule has 1 amide bonds. The SMILES string of the molecule is CCS(=O)(=O)c1cccc(C(=O)N(CCCN2CCOCC2)c2nc3c(C)ccc(C)c3s2)c1. The smallest absolute Gasteiger partial charge is 0.260 e. The van der Waals surface area contributed by atoms with Crippen molar-refractivity contribution < 1.29 is 17.9 Å². The number of sulfone groups is 1. The van der Waals surface area contributed by atoms with Crippen molar-refractivity contribution >= 4 is 42.4 Å². The van der Waals surface area contributed by atoms with E-state index in [1.807, 2.05) is 19.9 Å². The molecule has 1 fully saturated rings. The molecule has 4 rings (SSSR count). The third-order valence-corrected chi connectivity index (χ3v) is 9.13. The van der Waals surface area contributed by atoms with Crippen LogP contribution in [0, 0.1) is 13.8 Å². The molecular formula is C25H31N3O4S2. The summed E-state index contributed by atoms with van der Waals surface area (Å²) < 4.78 is 31.3. The topological polar surface area (TPSA) is 79.8 Å². The molecular weight excluding hydrogens is 470 g/mol. The van der Waals surface area contributed by atoms with Crippen molar-refractivity contribution in [1.82, 2.24) is 9.88 Å². The second-order valence-corrected chi connectivity index (χ2v) is 11.8. The summed E-state index contributed by atoms with van der Waals surface area (Å²) in [6.45, 7) is 10.3. The third kappa shape index (κ3) is 5.33. The molecule has 1 aromatic heterocycles. The number of anilines is 1. The zero-order valence-corrected chi connectivity index (χ0v) is 21.5. The van der Waals surface area contributed by atoms with Crippen molar-refractivity contribution in [3.05, 3.63) is 53.1 Å². The van der Waals surface area contributed by atoms with E-state index in [4.69, 9.17) is 9.72 Å². The Morgan fingerprint density at radius 2 is 1.88 bits per heavy atom. The number of nitrogens with zero attached hydrogens (tertiary/aromatic N) is 3. The van der Waals surface area contributed by atoms with Crippen LogP contribution >= 0.6 is 11.3 Å². The fourth-order valence-electron chi connectivity index (χ4n) is 4.07. The molecule has 7 nitrogen and oxygen atoms in total. The van der Waals surface area contributed by atoms with E-state index in [1.165, 1.54) is 17.4 Å². The zero-order valence-electron chi connectivity index (χ0n) is 19.9. The minimum absolute atomic E-state index is 0.00959. The van der Waals surface area contributed by atoms with Gasteiger partial charge in [0.2, 0.25) is 0 Å². The predicted molar refractivity (Wildman–Crippen MR) is 137 cm³/mol. The average Bonchev–Trinajstić information content (AvgIpc) is 3.31. The van der Waals surface area contributed by atoms with Crippen LogP contribution in [0.15, 0.2) is 41.3 Å². The van der Waals surface area contributed by atoms with E-state index in [-0.39, 0.29) is 16.6 Å². The van der Waals surface area contributed by atoms with Gasteiger partial charge in [0.15, 0.2) is 15.0 Å². The van der Waals surface area contributed by atoms with Crippen molar-refractivity contribution in [2.75, 3.05) is 50.0 Å². The molecule has 0 atom stereocenters. The summed E-state index contributed by atoms with van der Waals surface area (Å²) in [6.07, 6.45) is 0.784. The van der Waals surface area contributed by atoms with Crippen LogP contribution < -0.4 is 4.90 Å². The molecule has 9 heteroatoms. The minimum atomic E-state index is -3.41. The fourth-order valence-corrected chi connectivity index (χ4v) is 6.13. The largest absolute Gasteiger partial charge is 0.379 e. The Balaban J connectivity index is 1.66. The molecule has 1 aliphatic rings. The van der Waals surface area contributed by atoms with E-state index >= 15 is 0 Å². The number of hydrogen-bond donors (Lipinski definition) is 0. The number of carbonyl (C=O) groups excluding carboxylic acids is 1. The van der Waals surface area contributed by atoms with Gasteiger partial charge in [-0.2, -0.15) is 0 Å². The predicted octanol–water partition coefficient (Wildman–Crippen LogP) is 4.08. The van der Waals surface area contributed by atoms with Crippen LogP contribution in [0.3, 0.4) is 0 Å². The van der Waals surface area contributed by atoms with E-state index in [2.05, 4.69) is 11.0 Å². The van der Waals surface area contributed by atoms with Crippen LogP contribution in [-0.4, -0.2) is 69.4 Å². The van der Waals surface area contributed by atoms with E-state index < -0.39 is 9.84 Å². The number of aromatic nitrogens is 1. The van der Waals surface area contributed by atoms with Crippen molar-refractivity contribution in [2.24, 2.45) is 0 Å². The van der Waals surface area contributed by atoms with Gasteiger partial charge < -0.3 is 4.74 Å². The lowest BCUT2D eigenvalue weighted by Gasteiger charge is -2.27. The van der Waals surface area contributed by atoms with E-state index in [9.17, 15) is 13.2 Å². The highest BCUT2D eigenvalue weighted by Gasteiger charge is 2.24. The number of ether oxygens (including phenoxy) is 1. The van der Waals surface area contributed by atoms with Gasteiger partial charge in [0.25, 0.3) is 5.91 Å². The number of hydrogen-bond acceptors (Lipinski definition) is 7. The molecule has 0 unspecified atom stereocenters. The number of amides is 1. The molecule has 2 heterocycles.